The number of carbonyl (C=O) groups excluding carboxylic acids is 1. The summed E-state index contributed by atoms with van der Waals surface area (Å²) in [5.41, 5.74) is 0. The number of carbonyl (C=O) groups is 1. The highest BCUT2D eigenvalue weighted by Gasteiger charge is 2.26. The summed E-state index contributed by atoms with van der Waals surface area (Å²) in [6.45, 7) is 7.02. The highest BCUT2D eigenvalue weighted by Crippen LogP contribution is 2.12. The molecule has 1 amide bonds. The Bertz CT molecular complexity index is 453. The molecule has 0 bridgehead atoms. The van der Waals surface area contributed by atoms with E-state index in [4.69, 9.17) is 0 Å². The van der Waals surface area contributed by atoms with Gasteiger partial charge in [-0.1, -0.05) is 6.92 Å². The van der Waals surface area contributed by atoms with Gasteiger partial charge in [-0.15, -0.1) is 0 Å². The van der Waals surface area contributed by atoms with E-state index in [9.17, 15) is 13.2 Å². The monoisotopic (exact) mass is 331 g/mol. The molecule has 2 rings (SSSR count). The van der Waals surface area contributed by atoms with Crippen LogP contribution in [-0.2, 0) is 14.8 Å². The second-order valence-corrected chi connectivity index (χ2v) is 8.34. The Morgan fingerprint density at radius 1 is 0.955 bits per heavy atom. The standard InChI is InChI=1S/C15H29N3O3S/c1-2-14-22(20,21)18-12-10-16(11-13-18)9-6-15(19)17-7-4-3-5-8-17/h2-14H2,1H3. The largest absolute Gasteiger partial charge is 0.343 e. The van der Waals surface area contributed by atoms with Crippen molar-refractivity contribution in [2.45, 2.75) is 39.0 Å². The minimum absolute atomic E-state index is 0.237. The third-order valence-corrected chi connectivity index (χ3v) is 6.61. The van der Waals surface area contributed by atoms with Crippen LogP contribution in [0.25, 0.3) is 0 Å². The smallest absolute Gasteiger partial charge is 0.223 e. The lowest BCUT2D eigenvalue weighted by Gasteiger charge is -2.34. The van der Waals surface area contributed by atoms with Crippen molar-refractivity contribution in [2.75, 3.05) is 51.6 Å². The van der Waals surface area contributed by atoms with Gasteiger partial charge in [0.25, 0.3) is 0 Å². The molecule has 0 radical (unpaired) electrons. The van der Waals surface area contributed by atoms with Crippen molar-refractivity contribution in [3.63, 3.8) is 0 Å². The van der Waals surface area contributed by atoms with Crippen molar-refractivity contribution in [3.05, 3.63) is 0 Å². The van der Waals surface area contributed by atoms with Crippen molar-refractivity contribution in [3.8, 4) is 0 Å². The quantitative estimate of drug-likeness (QED) is 0.720. The predicted octanol–water partition coefficient (Wildman–Crippen LogP) is 0.746. The van der Waals surface area contributed by atoms with E-state index >= 15 is 0 Å². The van der Waals surface area contributed by atoms with E-state index < -0.39 is 10.0 Å². The second kappa shape index (κ2) is 8.26. The molecule has 0 aliphatic carbocycles. The highest BCUT2D eigenvalue weighted by atomic mass is 32.2. The molecule has 2 aliphatic heterocycles. The number of hydrogen-bond acceptors (Lipinski definition) is 4. The van der Waals surface area contributed by atoms with Gasteiger partial charge in [-0.25, -0.2) is 8.42 Å². The van der Waals surface area contributed by atoms with Gasteiger partial charge in [-0.2, -0.15) is 4.31 Å². The van der Waals surface area contributed by atoms with Gasteiger partial charge in [-0.05, 0) is 25.7 Å². The number of hydrogen-bond donors (Lipinski definition) is 0. The Kier molecular flexibility index (Phi) is 6.65. The Balaban J connectivity index is 1.70. The maximum Gasteiger partial charge on any atom is 0.223 e. The molecule has 0 aromatic carbocycles. The van der Waals surface area contributed by atoms with Gasteiger partial charge >= 0.3 is 0 Å². The molecule has 0 atom stereocenters. The summed E-state index contributed by atoms with van der Waals surface area (Å²) in [5.74, 6) is 0.487. The number of rotatable bonds is 6. The van der Waals surface area contributed by atoms with E-state index in [-0.39, 0.29) is 11.7 Å². The lowest BCUT2D eigenvalue weighted by molar-refractivity contribution is -0.132. The normalized spacial score (nSPS) is 22.0. The molecule has 2 saturated heterocycles. The first-order valence-electron chi connectivity index (χ1n) is 8.51. The summed E-state index contributed by atoms with van der Waals surface area (Å²) in [5, 5.41) is 0. The van der Waals surface area contributed by atoms with E-state index in [1.54, 1.807) is 4.31 Å². The molecule has 0 spiro atoms. The first-order chi connectivity index (χ1) is 10.5. The van der Waals surface area contributed by atoms with Gasteiger partial charge in [0.2, 0.25) is 15.9 Å². The van der Waals surface area contributed by atoms with Crippen LogP contribution in [-0.4, -0.2) is 80.0 Å². The first kappa shape index (κ1) is 17.7. The first-order valence-corrected chi connectivity index (χ1v) is 10.1. The minimum atomic E-state index is -3.07. The Morgan fingerprint density at radius 2 is 1.59 bits per heavy atom. The highest BCUT2D eigenvalue weighted by molar-refractivity contribution is 7.89. The Labute approximate surface area is 134 Å². The maximum atomic E-state index is 12.1. The van der Waals surface area contributed by atoms with Crippen molar-refractivity contribution >= 4 is 15.9 Å². The van der Waals surface area contributed by atoms with Gasteiger partial charge in [0.1, 0.15) is 0 Å². The zero-order valence-corrected chi connectivity index (χ0v) is 14.5. The molecule has 2 aliphatic rings. The topological polar surface area (TPSA) is 60.9 Å². The predicted molar refractivity (Wildman–Crippen MR) is 87.1 cm³/mol. The van der Waals surface area contributed by atoms with Crippen LogP contribution in [0.3, 0.4) is 0 Å². The van der Waals surface area contributed by atoms with Crippen LogP contribution in [0.15, 0.2) is 0 Å². The zero-order valence-electron chi connectivity index (χ0n) is 13.7. The molecule has 22 heavy (non-hydrogen) atoms. The van der Waals surface area contributed by atoms with Crippen LogP contribution in [0.5, 0.6) is 0 Å². The molecule has 7 heteroatoms. The average Bonchev–Trinajstić information content (AvgIpc) is 2.54. The SMILES string of the molecule is CCCS(=O)(=O)N1CCN(CCC(=O)N2CCCCC2)CC1. The van der Waals surface area contributed by atoms with E-state index in [0.717, 1.165) is 45.6 Å². The molecule has 0 unspecified atom stereocenters. The summed E-state index contributed by atoms with van der Waals surface area (Å²) in [6.07, 6.45) is 4.70. The van der Waals surface area contributed by atoms with Gasteiger partial charge in [-0.3, -0.25) is 4.79 Å². The molecule has 0 aromatic heterocycles. The van der Waals surface area contributed by atoms with Gasteiger partial charge in [0.05, 0.1) is 5.75 Å². The molecular formula is C15H29N3O3S. The third kappa shape index (κ3) is 4.93. The van der Waals surface area contributed by atoms with E-state index in [1.165, 1.54) is 6.42 Å². The fourth-order valence-electron chi connectivity index (χ4n) is 3.17. The van der Waals surface area contributed by atoms with Crippen LogP contribution in [0.4, 0.5) is 0 Å². The minimum Gasteiger partial charge on any atom is -0.343 e. The van der Waals surface area contributed by atoms with Crippen molar-refractivity contribution in [1.82, 2.24) is 14.1 Å². The van der Waals surface area contributed by atoms with Crippen molar-refractivity contribution < 1.29 is 13.2 Å². The summed E-state index contributed by atoms with van der Waals surface area (Å²) in [4.78, 5) is 16.3. The molecular weight excluding hydrogens is 302 g/mol. The summed E-state index contributed by atoms with van der Waals surface area (Å²) >= 11 is 0. The van der Waals surface area contributed by atoms with Crippen LogP contribution in [0, 0.1) is 0 Å². The van der Waals surface area contributed by atoms with Gasteiger partial charge in [0, 0.05) is 52.2 Å². The molecule has 0 saturated carbocycles. The van der Waals surface area contributed by atoms with Crippen molar-refractivity contribution in [2.24, 2.45) is 0 Å². The van der Waals surface area contributed by atoms with E-state index in [0.29, 0.717) is 25.9 Å². The number of likely N-dealkylation sites (tertiary alicyclic amines) is 1. The fourth-order valence-corrected chi connectivity index (χ4v) is 4.67. The Hall–Kier alpha value is -0.660. The number of piperidine rings is 1. The van der Waals surface area contributed by atoms with Crippen molar-refractivity contribution in [1.29, 1.82) is 0 Å². The molecule has 128 valence electrons. The zero-order chi connectivity index (χ0) is 16.0. The lowest BCUT2D eigenvalue weighted by Crippen LogP contribution is -2.50. The molecule has 0 N–H and O–H groups in total. The van der Waals surface area contributed by atoms with Crippen LogP contribution in [0.2, 0.25) is 0 Å². The average molecular weight is 331 g/mol. The van der Waals surface area contributed by atoms with E-state index in [2.05, 4.69) is 4.90 Å². The number of piperazine rings is 1. The fraction of sp³-hybridized carbons (Fsp3) is 0.933. The summed E-state index contributed by atoms with van der Waals surface area (Å²) < 4.78 is 25.6. The summed E-state index contributed by atoms with van der Waals surface area (Å²) in [7, 11) is -3.07. The Morgan fingerprint density at radius 3 is 2.18 bits per heavy atom. The maximum absolute atomic E-state index is 12.1. The van der Waals surface area contributed by atoms with Gasteiger partial charge in [0.15, 0.2) is 0 Å². The molecule has 0 aromatic rings. The third-order valence-electron chi connectivity index (χ3n) is 4.54. The molecule has 2 fully saturated rings. The molecule has 6 nitrogen and oxygen atoms in total. The lowest BCUT2D eigenvalue weighted by atomic mass is 10.1. The number of sulfonamides is 1. The van der Waals surface area contributed by atoms with E-state index in [1.807, 2.05) is 11.8 Å². The van der Waals surface area contributed by atoms with Gasteiger partial charge < -0.3 is 9.80 Å². The molecule has 2 heterocycles. The van der Waals surface area contributed by atoms with Crippen LogP contribution < -0.4 is 0 Å². The number of nitrogens with zero attached hydrogens (tertiary/aromatic N) is 3. The number of amides is 1. The van der Waals surface area contributed by atoms with Crippen LogP contribution >= 0.6 is 0 Å². The summed E-state index contributed by atoms with van der Waals surface area (Å²) in [6, 6.07) is 0. The second-order valence-electron chi connectivity index (χ2n) is 6.25. The van der Waals surface area contributed by atoms with Crippen LogP contribution in [0.1, 0.15) is 39.0 Å².